The minimum absolute atomic E-state index is 0.0953. The van der Waals surface area contributed by atoms with Gasteiger partial charge in [-0.05, 0) is 24.7 Å². The van der Waals surface area contributed by atoms with Crippen LogP contribution >= 0.6 is 15.9 Å². The number of rotatable bonds is 3. The van der Waals surface area contributed by atoms with Gasteiger partial charge >= 0.3 is 0 Å². The molecule has 0 aliphatic carbocycles. The maximum absolute atomic E-state index is 12.1. The van der Waals surface area contributed by atoms with E-state index in [1.165, 1.54) is 10.9 Å². The average molecular weight is 294 g/mol. The van der Waals surface area contributed by atoms with Crippen molar-refractivity contribution in [2.24, 2.45) is 5.73 Å². The first-order valence-corrected chi connectivity index (χ1v) is 6.03. The summed E-state index contributed by atoms with van der Waals surface area (Å²) in [5.74, 6) is -0.0953. The minimum atomic E-state index is -0.0953. The van der Waals surface area contributed by atoms with Gasteiger partial charge in [0.2, 0.25) is 0 Å². The molecular formula is C12H12BrN3O. The number of carbonyl (C=O) groups is 1. The Morgan fingerprint density at radius 1 is 1.47 bits per heavy atom. The summed E-state index contributed by atoms with van der Waals surface area (Å²) in [4.78, 5) is 16.2. The zero-order chi connectivity index (χ0) is 12.3. The Labute approximate surface area is 108 Å². The van der Waals surface area contributed by atoms with Gasteiger partial charge in [0.1, 0.15) is 6.33 Å². The first-order valence-electron chi connectivity index (χ1n) is 5.24. The lowest BCUT2D eigenvalue weighted by Crippen LogP contribution is -2.09. The quantitative estimate of drug-likeness (QED) is 0.939. The number of halogens is 1. The molecule has 2 aromatic rings. The third kappa shape index (κ3) is 2.81. The number of aromatic nitrogens is 2. The second kappa shape index (κ2) is 5.25. The number of imidazole rings is 1. The monoisotopic (exact) mass is 293 g/mol. The molecule has 17 heavy (non-hydrogen) atoms. The smallest absolute Gasteiger partial charge is 0.263 e. The standard InChI is InChI=1S/C12H12BrN3O/c13-10-3-1-2-9(6-10)12(17)16-7-11(4-5-14)15-8-16/h1-3,6-8H,4-5,14H2. The van der Waals surface area contributed by atoms with E-state index in [-0.39, 0.29) is 5.91 Å². The molecular weight excluding hydrogens is 282 g/mol. The van der Waals surface area contributed by atoms with Gasteiger partial charge in [-0.15, -0.1) is 0 Å². The Bertz CT molecular complexity index is 536. The number of hydrogen-bond donors (Lipinski definition) is 1. The molecule has 0 radical (unpaired) electrons. The highest BCUT2D eigenvalue weighted by Gasteiger charge is 2.09. The summed E-state index contributed by atoms with van der Waals surface area (Å²) in [6.07, 6.45) is 3.92. The van der Waals surface area contributed by atoms with Crippen molar-refractivity contribution in [3.8, 4) is 0 Å². The molecule has 1 heterocycles. The summed E-state index contributed by atoms with van der Waals surface area (Å²) in [6.45, 7) is 0.530. The van der Waals surface area contributed by atoms with Crippen LogP contribution in [0.3, 0.4) is 0 Å². The first-order chi connectivity index (χ1) is 8.20. The van der Waals surface area contributed by atoms with Crippen molar-refractivity contribution in [3.63, 3.8) is 0 Å². The molecule has 88 valence electrons. The minimum Gasteiger partial charge on any atom is -0.330 e. The second-order valence-corrected chi connectivity index (χ2v) is 4.54. The molecule has 2 N–H and O–H groups in total. The fourth-order valence-corrected chi connectivity index (χ4v) is 1.92. The van der Waals surface area contributed by atoms with Crippen LogP contribution in [-0.2, 0) is 6.42 Å². The van der Waals surface area contributed by atoms with Crippen molar-refractivity contribution in [1.82, 2.24) is 9.55 Å². The molecule has 5 heteroatoms. The van der Waals surface area contributed by atoms with E-state index in [1.807, 2.05) is 12.1 Å². The molecule has 4 nitrogen and oxygen atoms in total. The van der Waals surface area contributed by atoms with Gasteiger partial charge in [-0.2, -0.15) is 0 Å². The van der Waals surface area contributed by atoms with Crippen molar-refractivity contribution in [3.05, 3.63) is 52.5 Å². The van der Waals surface area contributed by atoms with E-state index in [9.17, 15) is 4.79 Å². The number of hydrogen-bond acceptors (Lipinski definition) is 3. The highest BCUT2D eigenvalue weighted by Crippen LogP contribution is 2.13. The predicted octanol–water partition coefficient (Wildman–Crippen LogP) is 1.84. The summed E-state index contributed by atoms with van der Waals surface area (Å²) >= 11 is 3.34. The third-order valence-electron chi connectivity index (χ3n) is 2.34. The van der Waals surface area contributed by atoms with Crippen LogP contribution in [0.5, 0.6) is 0 Å². The zero-order valence-electron chi connectivity index (χ0n) is 9.14. The number of benzene rings is 1. The molecule has 1 aromatic carbocycles. The van der Waals surface area contributed by atoms with Crippen molar-refractivity contribution in [2.75, 3.05) is 6.54 Å². The van der Waals surface area contributed by atoms with Crippen LogP contribution in [0.4, 0.5) is 0 Å². The van der Waals surface area contributed by atoms with Gasteiger partial charge in [-0.1, -0.05) is 22.0 Å². The van der Waals surface area contributed by atoms with E-state index in [0.29, 0.717) is 18.5 Å². The number of nitrogens with two attached hydrogens (primary N) is 1. The summed E-state index contributed by atoms with van der Waals surface area (Å²) in [5.41, 5.74) is 6.89. The van der Waals surface area contributed by atoms with Gasteiger partial charge in [0, 0.05) is 22.7 Å². The second-order valence-electron chi connectivity index (χ2n) is 3.63. The zero-order valence-corrected chi connectivity index (χ0v) is 10.7. The van der Waals surface area contributed by atoms with Gasteiger partial charge in [-0.25, -0.2) is 4.98 Å². The van der Waals surface area contributed by atoms with Crippen LogP contribution in [0.1, 0.15) is 16.1 Å². The Kier molecular flexibility index (Phi) is 3.71. The lowest BCUT2D eigenvalue weighted by molar-refractivity contribution is 0.0959. The highest BCUT2D eigenvalue weighted by molar-refractivity contribution is 9.10. The topological polar surface area (TPSA) is 60.9 Å². The van der Waals surface area contributed by atoms with Crippen LogP contribution < -0.4 is 5.73 Å². The SMILES string of the molecule is NCCc1cn(C(=O)c2cccc(Br)c2)cn1. The Balaban J connectivity index is 2.24. The van der Waals surface area contributed by atoms with Gasteiger partial charge < -0.3 is 5.73 Å². The first kappa shape index (κ1) is 12.0. The molecule has 0 aliphatic rings. The Morgan fingerprint density at radius 2 is 2.29 bits per heavy atom. The lowest BCUT2D eigenvalue weighted by atomic mass is 10.2. The molecule has 0 atom stereocenters. The molecule has 0 spiro atoms. The largest absolute Gasteiger partial charge is 0.330 e. The van der Waals surface area contributed by atoms with E-state index in [2.05, 4.69) is 20.9 Å². The van der Waals surface area contributed by atoms with Gasteiger partial charge in [0.25, 0.3) is 5.91 Å². The van der Waals surface area contributed by atoms with Crippen LogP contribution in [0, 0.1) is 0 Å². The van der Waals surface area contributed by atoms with Crippen molar-refractivity contribution in [1.29, 1.82) is 0 Å². The molecule has 0 bridgehead atoms. The summed E-state index contributed by atoms with van der Waals surface area (Å²) in [5, 5.41) is 0. The molecule has 0 saturated heterocycles. The number of nitrogens with zero attached hydrogens (tertiary/aromatic N) is 2. The van der Waals surface area contributed by atoms with E-state index in [1.54, 1.807) is 18.3 Å². The molecule has 1 aromatic heterocycles. The highest BCUT2D eigenvalue weighted by atomic mass is 79.9. The van der Waals surface area contributed by atoms with Crippen molar-refractivity contribution in [2.45, 2.75) is 6.42 Å². The molecule has 0 saturated carbocycles. The average Bonchev–Trinajstić information content (AvgIpc) is 2.77. The van der Waals surface area contributed by atoms with Crippen LogP contribution in [-0.4, -0.2) is 22.0 Å². The van der Waals surface area contributed by atoms with E-state index in [4.69, 9.17) is 5.73 Å². The van der Waals surface area contributed by atoms with Crippen LogP contribution in [0.25, 0.3) is 0 Å². The van der Waals surface area contributed by atoms with Gasteiger partial charge in [0.05, 0.1) is 5.69 Å². The molecule has 0 unspecified atom stereocenters. The van der Waals surface area contributed by atoms with Gasteiger partial charge in [0.15, 0.2) is 0 Å². The van der Waals surface area contributed by atoms with Crippen molar-refractivity contribution < 1.29 is 4.79 Å². The van der Waals surface area contributed by atoms with E-state index < -0.39 is 0 Å². The number of carbonyl (C=O) groups excluding carboxylic acids is 1. The summed E-state index contributed by atoms with van der Waals surface area (Å²) in [6, 6.07) is 7.26. The van der Waals surface area contributed by atoms with Gasteiger partial charge in [-0.3, -0.25) is 9.36 Å². The molecule has 0 aliphatic heterocycles. The maximum Gasteiger partial charge on any atom is 0.263 e. The third-order valence-corrected chi connectivity index (χ3v) is 2.84. The van der Waals surface area contributed by atoms with Crippen LogP contribution in [0.2, 0.25) is 0 Å². The summed E-state index contributed by atoms with van der Waals surface area (Å²) in [7, 11) is 0. The molecule has 0 amide bonds. The summed E-state index contributed by atoms with van der Waals surface area (Å²) < 4.78 is 2.36. The Morgan fingerprint density at radius 3 is 3.00 bits per heavy atom. The van der Waals surface area contributed by atoms with Crippen LogP contribution in [0.15, 0.2) is 41.3 Å². The normalized spacial score (nSPS) is 10.5. The molecule has 2 rings (SSSR count). The lowest BCUT2D eigenvalue weighted by Gasteiger charge is -2.01. The van der Waals surface area contributed by atoms with E-state index >= 15 is 0 Å². The van der Waals surface area contributed by atoms with Crippen molar-refractivity contribution >= 4 is 21.8 Å². The predicted molar refractivity (Wildman–Crippen MR) is 68.9 cm³/mol. The Hall–Kier alpha value is -1.46. The fraction of sp³-hybridized carbons (Fsp3) is 0.167. The molecule has 0 fully saturated rings. The van der Waals surface area contributed by atoms with E-state index in [0.717, 1.165) is 10.2 Å². The fourth-order valence-electron chi connectivity index (χ4n) is 1.52. The maximum atomic E-state index is 12.1.